The summed E-state index contributed by atoms with van der Waals surface area (Å²) in [6.07, 6.45) is 7.82. The monoisotopic (exact) mass is 569 g/mol. The van der Waals surface area contributed by atoms with Crippen molar-refractivity contribution in [3.63, 3.8) is 0 Å². The number of rotatable bonds is 7. The van der Waals surface area contributed by atoms with E-state index in [2.05, 4.69) is 50.5 Å². The van der Waals surface area contributed by atoms with Crippen LogP contribution in [-0.2, 0) is 27.6 Å². The Morgan fingerprint density at radius 3 is 2.40 bits per heavy atom. The number of hydrogen-bond donors (Lipinski definition) is 3. The van der Waals surface area contributed by atoms with E-state index in [9.17, 15) is 9.36 Å². The molecule has 0 aliphatic heterocycles. The van der Waals surface area contributed by atoms with Crippen LogP contribution in [0.1, 0.15) is 82.1 Å². The Hall–Kier alpha value is -2.18. The van der Waals surface area contributed by atoms with Crippen LogP contribution in [0.25, 0.3) is 0 Å². The molecule has 7 nitrogen and oxygen atoms in total. The maximum Gasteiger partial charge on any atom is 0.524 e. The van der Waals surface area contributed by atoms with E-state index in [-0.39, 0.29) is 17.1 Å². The predicted octanol–water partition coefficient (Wildman–Crippen LogP) is 6.26. The first kappa shape index (κ1) is 29.3. The fourth-order valence-corrected chi connectivity index (χ4v) is 9.44. The van der Waals surface area contributed by atoms with Crippen LogP contribution in [0, 0.1) is 29.6 Å². The van der Waals surface area contributed by atoms with E-state index in [0.29, 0.717) is 28.9 Å². The van der Waals surface area contributed by atoms with Crippen LogP contribution in [0.3, 0.4) is 0 Å². The number of phosphoric acid groups is 1. The van der Waals surface area contributed by atoms with Crippen molar-refractivity contribution in [1.82, 2.24) is 5.32 Å². The maximum absolute atomic E-state index is 13.2. The Bertz CT molecular complexity index is 1330. The number of benzene rings is 2. The van der Waals surface area contributed by atoms with Crippen LogP contribution in [0.15, 0.2) is 36.4 Å². The van der Waals surface area contributed by atoms with Crippen molar-refractivity contribution in [3.8, 4) is 11.5 Å². The van der Waals surface area contributed by atoms with E-state index >= 15 is 0 Å². The molecule has 2 saturated carbocycles. The highest BCUT2D eigenvalue weighted by Gasteiger charge is 2.61. The number of nitrogens with one attached hydrogen (secondary N) is 1. The van der Waals surface area contributed by atoms with E-state index < -0.39 is 13.9 Å². The highest BCUT2D eigenvalue weighted by molar-refractivity contribution is 7.46. The SMILES string of the molecule is CNC(Cc1ccc(OP(=O)(O)O)cc1)C(=O)Oc1cc(C)c2c(c1)C[C@H]1C2(C)CCC2C(C)(C)CCC[C@@]21C. The quantitative estimate of drug-likeness (QED) is 0.205. The second kappa shape index (κ2) is 10.3. The second-order valence-electron chi connectivity index (χ2n) is 13.6. The summed E-state index contributed by atoms with van der Waals surface area (Å²) >= 11 is 0. The van der Waals surface area contributed by atoms with Gasteiger partial charge in [-0.3, -0.25) is 9.79 Å². The van der Waals surface area contributed by atoms with Crippen molar-refractivity contribution in [3.05, 3.63) is 58.7 Å². The lowest BCUT2D eigenvalue weighted by Crippen LogP contribution is -2.55. The molecule has 40 heavy (non-hydrogen) atoms. The number of esters is 1. The number of aryl methyl sites for hydroxylation is 1. The van der Waals surface area contributed by atoms with Gasteiger partial charge in [-0.05, 0) is 127 Å². The van der Waals surface area contributed by atoms with Gasteiger partial charge in [-0.25, -0.2) is 9.36 Å². The van der Waals surface area contributed by atoms with Crippen molar-refractivity contribution in [2.24, 2.45) is 22.7 Å². The van der Waals surface area contributed by atoms with Gasteiger partial charge in [0.15, 0.2) is 0 Å². The minimum Gasteiger partial charge on any atom is -0.425 e. The predicted molar refractivity (Wildman–Crippen MR) is 155 cm³/mol. The standard InChI is InChI=1S/C32H44NO6P/c1-20-16-24(38-29(34)25(33-6)17-21-8-10-23(11-9-21)39-40(35,36)37)18-22-19-27-31(4)14-7-13-30(2,3)26(31)12-15-32(27,5)28(20)22/h8-11,16,18,25-27,33H,7,12-15,17,19H2,1-6H3,(H2,35,36,37)/t25?,26?,27-,31+,32?/m1/s1. The molecule has 0 saturated heterocycles. The lowest BCUT2D eigenvalue weighted by molar-refractivity contribution is -0.136. The number of hydrogen-bond acceptors (Lipinski definition) is 5. The zero-order chi connectivity index (χ0) is 29.1. The van der Waals surface area contributed by atoms with Crippen molar-refractivity contribution in [1.29, 1.82) is 0 Å². The van der Waals surface area contributed by atoms with Gasteiger partial charge in [0.1, 0.15) is 17.5 Å². The number of ether oxygens (including phenoxy) is 1. The fourth-order valence-electron chi connectivity index (χ4n) is 9.04. The number of carbonyl (C=O) groups is 1. The molecule has 2 aromatic carbocycles. The Labute approximate surface area is 238 Å². The summed E-state index contributed by atoms with van der Waals surface area (Å²) in [5.41, 5.74) is 5.70. The topological polar surface area (TPSA) is 105 Å². The van der Waals surface area contributed by atoms with E-state index in [1.807, 2.05) is 6.07 Å². The second-order valence-corrected chi connectivity index (χ2v) is 14.7. The molecule has 0 heterocycles. The summed E-state index contributed by atoms with van der Waals surface area (Å²) in [4.78, 5) is 31.2. The van der Waals surface area contributed by atoms with Gasteiger partial charge in [-0.2, -0.15) is 0 Å². The van der Waals surface area contributed by atoms with Crippen molar-refractivity contribution < 1.29 is 28.4 Å². The van der Waals surface area contributed by atoms with Crippen LogP contribution in [0.4, 0.5) is 0 Å². The lowest BCUT2D eigenvalue weighted by Gasteiger charge is -2.61. The minimum atomic E-state index is -4.62. The highest BCUT2D eigenvalue weighted by atomic mass is 31.2. The first-order valence-electron chi connectivity index (χ1n) is 14.5. The minimum absolute atomic E-state index is 0.0699. The molecule has 218 valence electrons. The molecule has 3 aliphatic rings. The van der Waals surface area contributed by atoms with Gasteiger partial charge in [0.05, 0.1) is 0 Å². The van der Waals surface area contributed by atoms with Gasteiger partial charge < -0.3 is 14.6 Å². The molecule has 3 unspecified atom stereocenters. The Balaban J connectivity index is 1.33. The van der Waals surface area contributed by atoms with E-state index in [1.54, 1.807) is 19.2 Å². The van der Waals surface area contributed by atoms with Gasteiger partial charge >= 0.3 is 13.8 Å². The summed E-state index contributed by atoms with van der Waals surface area (Å²) in [5, 5.41) is 3.05. The summed E-state index contributed by atoms with van der Waals surface area (Å²) in [5.74, 6) is 1.65. The third-order valence-electron chi connectivity index (χ3n) is 10.6. The first-order chi connectivity index (χ1) is 18.7. The number of phosphoric ester groups is 1. The average molecular weight is 570 g/mol. The zero-order valence-corrected chi connectivity index (χ0v) is 25.5. The van der Waals surface area contributed by atoms with Crippen LogP contribution < -0.4 is 14.6 Å². The molecule has 3 aliphatic carbocycles. The normalized spacial score (nSPS) is 29.6. The Morgan fingerprint density at radius 2 is 1.75 bits per heavy atom. The molecule has 5 rings (SSSR count). The number of likely N-dealkylation sites (N-methyl/N-ethyl adjacent to an activating group) is 1. The summed E-state index contributed by atoms with van der Waals surface area (Å²) in [7, 11) is -2.90. The van der Waals surface area contributed by atoms with Crippen LogP contribution in [0.5, 0.6) is 11.5 Å². The van der Waals surface area contributed by atoms with Crippen molar-refractivity contribution >= 4 is 13.8 Å². The lowest BCUT2D eigenvalue weighted by atomic mass is 9.43. The number of carbonyl (C=O) groups excluding carboxylic acids is 1. The molecule has 0 amide bonds. The molecular weight excluding hydrogens is 525 g/mol. The molecule has 2 fully saturated rings. The van der Waals surface area contributed by atoms with Crippen LogP contribution in [-0.4, -0.2) is 28.8 Å². The van der Waals surface area contributed by atoms with Gasteiger partial charge in [-0.1, -0.05) is 46.2 Å². The molecule has 5 atom stereocenters. The third kappa shape index (κ3) is 5.27. The van der Waals surface area contributed by atoms with Crippen LogP contribution >= 0.6 is 7.82 Å². The highest BCUT2D eigenvalue weighted by Crippen LogP contribution is 2.68. The maximum atomic E-state index is 13.2. The first-order valence-corrected chi connectivity index (χ1v) is 16.1. The van der Waals surface area contributed by atoms with Gasteiger partial charge in [0.25, 0.3) is 0 Å². The van der Waals surface area contributed by atoms with Gasteiger partial charge in [0, 0.05) is 0 Å². The third-order valence-corrected chi connectivity index (χ3v) is 11.1. The largest absolute Gasteiger partial charge is 0.524 e. The number of fused-ring (bicyclic) bond motifs is 5. The molecule has 8 heteroatoms. The summed E-state index contributed by atoms with van der Waals surface area (Å²) < 4.78 is 21.6. The Morgan fingerprint density at radius 1 is 1.05 bits per heavy atom. The molecule has 0 spiro atoms. The molecule has 2 aromatic rings. The van der Waals surface area contributed by atoms with Crippen molar-refractivity contribution in [2.75, 3.05) is 7.05 Å². The van der Waals surface area contributed by atoms with E-state index in [1.165, 1.54) is 60.9 Å². The molecule has 0 bridgehead atoms. The average Bonchev–Trinajstić information content (AvgIpc) is 3.16. The summed E-state index contributed by atoms with van der Waals surface area (Å²) in [6.45, 7) is 12.2. The molecular formula is C32H44NO6P. The molecule has 3 N–H and O–H groups in total. The van der Waals surface area contributed by atoms with Gasteiger partial charge in [0.2, 0.25) is 0 Å². The van der Waals surface area contributed by atoms with E-state index in [4.69, 9.17) is 14.5 Å². The smallest absolute Gasteiger partial charge is 0.425 e. The van der Waals surface area contributed by atoms with E-state index in [0.717, 1.165) is 17.9 Å². The molecule has 0 radical (unpaired) electrons. The summed E-state index contributed by atoms with van der Waals surface area (Å²) in [6, 6.07) is 9.90. The van der Waals surface area contributed by atoms with Crippen LogP contribution in [0.2, 0.25) is 0 Å². The van der Waals surface area contributed by atoms with Gasteiger partial charge in [-0.15, -0.1) is 0 Å². The zero-order valence-electron chi connectivity index (χ0n) is 24.6. The van der Waals surface area contributed by atoms with Crippen molar-refractivity contribution in [2.45, 2.75) is 91.0 Å². The Kier molecular flexibility index (Phi) is 7.53. The fraction of sp³-hybridized carbons (Fsp3) is 0.594. The molecule has 0 aromatic heterocycles.